The number of hydrogen-bond donors (Lipinski definition) is 1. The Morgan fingerprint density at radius 1 is 1.03 bits per heavy atom. The molecule has 9 heteroatoms. The average molecular weight is 482 g/mol. The van der Waals surface area contributed by atoms with E-state index in [1.165, 1.54) is 24.8 Å². The van der Waals surface area contributed by atoms with Gasteiger partial charge in [-0.1, -0.05) is 32.0 Å². The topological polar surface area (TPSA) is 101 Å². The van der Waals surface area contributed by atoms with Crippen molar-refractivity contribution in [2.24, 2.45) is 13.0 Å². The van der Waals surface area contributed by atoms with Crippen LogP contribution in [0.3, 0.4) is 0 Å². The van der Waals surface area contributed by atoms with E-state index in [0.29, 0.717) is 35.4 Å². The first kappa shape index (κ1) is 25.6. The summed E-state index contributed by atoms with van der Waals surface area (Å²) < 4.78 is 19.5. The first-order valence-electron chi connectivity index (χ1n) is 11.3. The van der Waals surface area contributed by atoms with Gasteiger partial charge in [0, 0.05) is 7.05 Å². The maximum Gasteiger partial charge on any atom is 0.339 e. The third kappa shape index (κ3) is 5.74. The molecule has 0 aliphatic heterocycles. The second-order valence-corrected chi connectivity index (χ2v) is 8.54. The summed E-state index contributed by atoms with van der Waals surface area (Å²) >= 11 is 0. The van der Waals surface area contributed by atoms with Gasteiger partial charge in [0.2, 0.25) is 0 Å². The molecule has 186 valence electrons. The van der Waals surface area contributed by atoms with Crippen molar-refractivity contribution in [3.8, 4) is 17.2 Å². The molecule has 1 unspecified atom stereocenters. The number of rotatable bonds is 9. The van der Waals surface area contributed by atoms with Gasteiger partial charge in [-0.15, -0.1) is 0 Å². The lowest BCUT2D eigenvalue weighted by Crippen LogP contribution is -2.32. The fraction of sp³-hybridized carbons (Fsp3) is 0.346. The highest BCUT2D eigenvalue weighted by atomic mass is 16.5. The maximum atomic E-state index is 13.0. The number of methoxy groups -OCH3 is 1. The Morgan fingerprint density at radius 2 is 1.71 bits per heavy atom. The molecule has 0 saturated carbocycles. The predicted molar refractivity (Wildman–Crippen MR) is 133 cm³/mol. The van der Waals surface area contributed by atoms with Crippen LogP contribution >= 0.6 is 0 Å². The highest BCUT2D eigenvalue weighted by molar-refractivity contribution is 5.97. The molecule has 1 amide bonds. The van der Waals surface area contributed by atoms with Crippen LogP contribution in [-0.2, 0) is 16.6 Å². The zero-order valence-electron chi connectivity index (χ0n) is 20.8. The molecule has 3 rings (SSSR count). The van der Waals surface area contributed by atoms with Gasteiger partial charge in [0.15, 0.2) is 17.6 Å². The second kappa shape index (κ2) is 10.9. The summed E-state index contributed by atoms with van der Waals surface area (Å²) in [4.78, 5) is 38.4. The molecule has 0 spiro atoms. The summed E-state index contributed by atoms with van der Waals surface area (Å²) in [5, 5.41) is 2.61. The normalized spacial score (nSPS) is 11.7. The average Bonchev–Trinajstić information content (AvgIpc) is 3.05. The monoisotopic (exact) mass is 481 g/mol. The molecule has 1 aromatic heterocycles. The highest BCUT2D eigenvalue weighted by Crippen LogP contribution is 2.29. The number of aromatic nitrogens is 2. The van der Waals surface area contributed by atoms with Crippen molar-refractivity contribution in [3.63, 3.8) is 0 Å². The van der Waals surface area contributed by atoms with Crippen molar-refractivity contribution in [2.75, 3.05) is 19.0 Å². The summed E-state index contributed by atoms with van der Waals surface area (Å²) in [7, 11) is 3.21. The van der Waals surface area contributed by atoms with Crippen LogP contribution in [0, 0.1) is 12.8 Å². The highest BCUT2D eigenvalue weighted by Gasteiger charge is 2.24. The van der Waals surface area contributed by atoms with Gasteiger partial charge >= 0.3 is 5.97 Å². The zero-order valence-corrected chi connectivity index (χ0v) is 20.8. The number of nitrogens with zero attached hydrogens (tertiary/aromatic N) is 2. The molecule has 0 bridgehead atoms. The van der Waals surface area contributed by atoms with E-state index in [1.54, 1.807) is 42.9 Å². The molecule has 0 aliphatic carbocycles. The van der Waals surface area contributed by atoms with E-state index < -0.39 is 18.0 Å². The number of carbonyl (C=O) groups excluding carboxylic acids is 2. The molecule has 1 atom stereocenters. The molecular formula is C26H31N3O6. The molecule has 0 aliphatic rings. The number of anilines is 1. The number of para-hydroxylation sites is 1. The number of nitrogens with one attached hydrogen (secondary N) is 1. The van der Waals surface area contributed by atoms with Crippen LogP contribution in [0.2, 0.25) is 0 Å². The van der Waals surface area contributed by atoms with E-state index in [0.717, 1.165) is 0 Å². The van der Waals surface area contributed by atoms with Crippen LogP contribution in [0.25, 0.3) is 5.69 Å². The standard InChI is InChI=1S/C26H31N3O6/c1-16(2)15-34-21-13-12-19(14-22(21)33-6)26(32)35-18(4)24(30)27-23-17(3)28(5)29(25(23)31)20-10-8-7-9-11-20/h7-14,16,18H,15H2,1-6H3,(H,27,30). The van der Waals surface area contributed by atoms with Crippen LogP contribution in [0.4, 0.5) is 5.69 Å². The molecule has 9 nitrogen and oxygen atoms in total. The van der Waals surface area contributed by atoms with Crippen molar-refractivity contribution in [2.45, 2.75) is 33.8 Å². The fourth-order valence-electron chi connectivity index (χ4n) is 3.39. The van der Waals surface area contributed by atoms with Crippen molar-refractivity contribution in [3.05, 3.63) is 70.1 Å². The number of amides is 1. The Balaban J connectivity index is 1.72. The summed E-state index contributed by atoms with van der Waals surface area (Å²) in [5.41, 5.74) is 1.17. The first-order chi connectivity index (χ1) is 16.6. The summed E-state index contributed by atoms with van der Waals surface area (Å²) in [6.45, 7) is 7.72. The third-order valence-electron chi connectivity index (χ3n) is 5.43. The SMILES string of the molecule is COc1cc(C(=O)OC(C)C(=O)Nc2c(C)n(C)n(-c3ccccc3)c2=O)ccc1OCC(C)C. The van der Waals surface area contributed by atoms with Crippen LogP contribution in [0.1, 0.15) is 36.8 Å². The Hall–Kier alpha value is -4.01. The van der Waals surface area contributed by atoms with Crippen LogP contribution in [0.5, 0.6) is 11.5 Å². The molecule has 35 heavy (non-hydrogen) atoms. The summed E-state index contributed by atoms with van der Waals surface area (Å²) in [5.74, 6) is -0.0915. The van der Waals surface area contributed by atoms with Gasteiger partial charge in [-0.3, -0.25) is 14.3 Å². The Morgan fingerprint density at radius 3 is 2.34 bits per heavy atom. The molecule has 0 radical (unpaired) electrons. The first-order valence-corrected chi connectivity index (χ1v) is 11.3. The minimum atomic E-state index is -1.14. The lowest BCUT2D eigenvalue weighted by Gasteiger charge is -2.15. The molecule has 0 fully saturated rings. The number of esters is 1. The van der Waals surface area contributed by atoms with E-state index in [4.69, 9.17) is 14.2 Å². The minimum Gasteiger partial charge on any atom is -0.493 e. The molecule has 1 heterocycles. The van der Waals surface area contributed by atoms with E-state index in [-0.39, 0.29) is 16.8 Å². The van der Waals surface area contributed by atoms with Gasteiger partial charge in [-0.25, -0.2) is 9.48 Å². The van der Waals surface area contributed by atoms with E-state index in [1.807, 2.05) is 32.0 Å². The lowest BCUT2D eigenvalue weighted by molar-refractivity contribution is -0.123. The molecule has 3 aromatic rings. The fourth-order valence-corrected chi connectivity index (χ4v) is 3.39. The summed E-state index contributed by atoms with van der Waals surface area (Å²) in [6.07, 6.45) is -1.14. The third-order valence-corrected chi connectivity index (χ3v) is 5.43. The number of benzene rings is 2. The van der Waals surface area contributed by atoms with Gasteiger partial charge in [0.25, 0.3) is 11.5 Å². The van der Waals surface area contributed by atoms with E-state index in [2.05, 4.69) is 5.32 Å². The van der Waals surface area contributed by atoms with Gasteiger partial charge in [-0.05, 0) is 50.1 Å². The molecule has 2 aromatic carbocycles. The van der Waals surface area contributed by atoms with E-state index in [9.17, 15) is 14.4 Å². The Bertz CT molecular complexity index is 1260. The predicted octanol–water partition coefficient (Wildman–Crippen LogP) is 3.71. The van der Waals surface area contributed by atoms with Crippen LogP contribution in [-0.4, -0.2) is 41.1 Å². The zero-order chi connectivity index (χ0) is 25.7. The second-order valence-electron chi connectivity index (χ2n) is 8.54. The van der Waals surface area contributed by atoms with Gasteiger partial charge < -0.3 is 19.5 Å². The number of carbonyl (C=O) groups is 2. The molecule has 1 N–H and O–H groups in total. The summed E-state index contributed by atoms with van der Waals surface area (Å²) in [6, 6.07) is 13.8. The quantitative estimate of drug-likeness (QED) is 0.468. The Labute approximate surface area is 204 Å². The van der Waals surface area contributed by atoms with Crippen molar-refractivity contribution in [1.82, 2.24) is 9.36 Å². The van der Waals surface area contributed by atoms with E-state index >= 15 is 0 Å². The van der Waals surface area contributed by atoms with Crippen molar-refractivity contribution < 1.29 is 23.8 Å². The lowest BCUT2D eigenvalue weighted by atomic mass is 10.2. The van der Waals surface area contributed by atoms with Crippen molar-refractivity contribution >= 4 is 17.6 Å². The van der Waals surface area contributed by atoms with Gasteiger partial charge in [0.1, 0.15) is 5.69 Å². The molecular weight excluding hydrogens is 450 g/mol. The van der Waals surface area contributed by atoms with Gasteiger partial charge in [0.05, 0.1) is 30.7 Å². The van der Waals surface area contributed by atoms with Crippen LogP contribution < -0.4 is 20.3 Å². The Kier molecular flexibility index (Phi) is 8.01. The van der Waals surface area contributed by atoms with Crippen molar-refractivity contribution in [1.29, 1.82) is 0 Å². The van der Waals surface area contributed by atoms with Gasteiger partial charge in [-0.2, -0.15) is 0 Å². The molecule has 0 saturated heterocycles. The minimum absolute atomic E-state index is 0.123. The maximum absolute atomic E-state index is 13.0. The van der Waals surface area contributed by atoms with Crippen LogP contribution in [0.15, 0.2) is 53.3 Å². The number of hydrogen-bond acceptors (Lipinski definition) is 6. The smallest absolute Gasteiger partial charge is 0.339 e. The largest absolute Gasteiger partial charge is 0.493 e. The number of ether oxygens (including phenoxy) is 3.